The van der Waals surface area contributed by atoms with Gasteiger partial charge in [0, 0.05) is 23.7 Å². The molecule has 1 heterocycles. The number of fused-ring (bicyclic) bond motifs is 1. The number of thiazole rings is 1. The smallest absolute Gasteiger partial charge is 0.251 e. The van der Waals surface area contributed by atoms with Crippen LogP contribution in [0.4, 0.5) is 5.69 Å². The largest absolute Gasteiger partial charge is 0.350 e. The first-order chi connectivity index (χ1) is 15.8. The number of carbonyl (C=O) groups excluding carboxylic acids is 2. The number of benzene rings is 3. The molecule has 0 aliphatic rings. The summed E-state index contributed by atoms with van der Waals surface area (Å²) in [4.78, 5) is 30.6. The van der Waals surface area contributed by atoms with Crippen molar-refractivity contribution < 1.29 is 9.59 Å². The summed E-state index contributed by atoms with van der Waals surface area (Å²) >= 11 is 1.62. The van der Waals surface area contributed by atoms with Gasteiger partial charge in [-0.2, -0.15) is 0 Å². The van der Waals surface area contributed by atoms with Crippen molar-refractivity contribution in [2.45, 2.75) is 38.6 Å². The summed E-state index contributed by atoms with van der Waals surface area (Å²) < 4.78 is 1.11. The first-order valence-electron chi connectivity index (χ1n) is 11.0. The van der Waals surface area contributed by atoms with E-state index in [4.69, 9.17) is 4.98 Å². The van der Waals surface area contributed by atoms with Crippen molar-refractivity contribution in [3.8, 4) is 0 Å². The van der Waals surface area contributed by atoms with E-state index >= 15 is 0 Å². The van der Waals surface area contributed by atoms with Crippen LogP contribution >= 0.6 is 11.3 Å². The maximum Gasteiger partial charge on any atom is 0.251 e. The molecule has 0 saturated carbocycles. The van der Waals surface area contributed by atoms with Crippen molar-refractivity contribution in [1.29, 1.82) is 0 Å². The molecule has 4 rings (SSSR count). The molecule has 3 aromatic carbocycles. The van der Waals surface area contributed by atoms with Gasteiger partial charge >= 0.3 is 0 Å². The molecule has 2 N–H and O–H groups in total. The second kappa shape index (κ2) is 9.55. The van der Waals surface area contributed by atoms with Crippen molar-refractivity contribution in [3.05, 3.63) is 95.0 Å². The van der Waals surface area contributed by atoms with Gasteiger partial charge in [-0.3, -0.25) is 9.59 Å². The third-order valence-electron chi connectivity index (χ3n) is 5.58. The molecule has 0 fully saturated rings. The Morgan fingerprint density at radius 2 is 1.61 bits per heavy atom. The summed E-state index contributed by atoms with van der Waals surface area (Å²) in [5.74, 6) is -0.250. The summed E-state index contributed by atoms with van der Waals surface area (Å²) in [5, 5.41) is 6.83. The zero-order chi connectivity index (χ0) is 23.4. The number of aromatic nitrogens is 1. The van der Waals surface area contributed by atoms with Gasteiger partial charge in [-0.25, -0.2) is 4.98 Å². The number of nitrogens with one attached hydrogen (secondary N) is 2. The van der Waals surface area contributed by atoms with Crippen LogP contribution in [-0.4, -0.2) is 22.8 Å². The van der Waals surface area contributed by atoms with E-state index < -0.39 is 5.41 Å². The van der Waals surface area contributed by atoms with Crippen molar-refractivity contribution in [1.82, 2.24) is 10.3 Å². The average molecular weight is 458 g/mol. The number of anilines is 1. The van der Waals surface area contributed by atoms with Crippen molar-refractivity contribution in [3.63, 3.8) is 0 Å². The van der Waals surface area contributed by atoms with Gasteiger partial charge in [-0.15, -0.1) is 11.3 Å². The van der Waals surface area contributed by atoms with E-state index in [0.717, 1.165) is 20.8 Å². The molecular formula is C27H27N3O2S. The minimum absolute atomic E-state index is 0.0611. The van der Waals surface area contributed by atoms with Gasteiger partial charge in [-0.05, 0) is 62.7 Å². The van der Waals surface area contributed by atoms with Crippen molar-refractivity contribution in [2.75, 3.05) is 5.32 Å². The zero-order valence-electron chi connectivity index (χ0n) is 19.0. The third-order valence-corrected chi connectivity index (χ3v) is 6.62. The molecule has 1 atom stereocenters. The van der Waals surface area contributed by atoms with Gasteiger partial charge < -0.3 is 10.6 Å². The number of amides is 2. The fourth-order valence-electron chi connectivity index (χ4n) is 3.74. The number of nitrogens with zero attached hydrogens (tertiary/aromatic N) is 1. The molecular weight excluding hydrogens is 430 g/mol. The maximum atomic E-state index is 13.6. The first kappa shape index (κ1) is 22.7. The monoisotopic (exact) mass is 457 g/mol. The van der Waals surface area contributed by atoms with Crippen LogP contribution in [0.25, 0.3) is 10.2 Å². The van der Waals surface area contributed by atoms with Gasteiger partial charge in [0.15, 0.2) is 0 Å². The highest BCUT2D eigenvalue weighted by Gasteiger charge is 2.36. The second-order valence-corrected chi connectivity index (χ2v) is 9.73. The Morgan fingerprint density at radius 3 is 2.27 bits per heavy atom. The molecule has 0 aliphatic carbocycles. The molecule has 1 aromatic heterocycles. The van der Waals surface area contributed by atoms with Gasteiger partial charge in [0.05, 0.1) is 20.6 Å². The normalized spacial score (nSPS) is 13.0. The predicted molar refractivity (Wildman–Crippen MR) is 135 cm³/mol. The lowest BCUT2D eigenvalue weighted by atomic mass is 9.78. The molecule has 0 spiro atoms. The van der Waals surface area contributed by atoms with Crippen LogP contribution in [0.1, 0.15) is 41.7 Å². The second-order valence-electron chi connectivity index (χ2n) is 8.61. The van der Waals surface area contributed by atoms with Gasteiger partial charge in [0.25, 0.3) is 5.91 Å². The molecule has 168 valence electrons. The summed E-state index contributed by atoms with van der Waals surface area (Å²) in [6.45, 7) is 5.79. The van der Waals surface area contributed by atoms with Crippen LogP contribution in [0.2, 0.25) is 0 Å². The molecule has 0 saturated heterocycles. The van der Waals surface area contributed by atoms with Crippen LogP contribution in [0.5, 0.6) is 0 Å². The Morgan fingerprint density at radius 1 is 0.939 bits per heavy atom. The highest BCUT2D eigenvalue weighted by Crippen LogP contribution is 2.33. The van der Waals surface area contributed by atoms with Gasteiger partial charge in [0.1, 0.15) is 0 Å². The summed E-state index contributed by atoms with van der Waals surface area (Å²) in [5.41, 5.74) is 2.26. The van der Waals surface area contributed by atoms with Crippen LogP contribution in [0.15, 0.2) is 78.9 Å². The number of para-hydroxylation sites is 1. The lowest BCUT2D eigenvalue weighted by Gasteiger charge is -2.28. The van der Waals surface area contributed by atoms with Crippen LogP contribution in [-0.2, 0) is 16.6 Å². The van der Waals surface area contributed by atoms with Gasteiger partial charge in [0.2, 0.25) is 5.91 Å². The fourth-order valence-corrected chi connectivity index (χ4v) is 4.86. The molecule has 0 radical (unpaired) electrons. The summed E-state index contributed by atoms with van der Waals surface area (Å²) in [7, 11) is 0. The standard InChI is InChI=1S/C27H27N3O2S/c1-18(2)28-25(31)19-13-15-21(16-14-19)29-26(32)27(3,20-9-5-4-6-10-20)17-24-30-22-11-7-8-12-23(22)33-24/h4-16,18H,17H2,1-3H3,(H,28,31)(H,29,32). The van der Waals surface area contributed by atoms with E-state index in [1.165, 1.54) is 0 Å². The molecule has 33 heavy (non-hydrogen) atoms. The Labute approximate surface area is 197 Å². The van der Waals surface area contributed by atoms with Gasteiger partial charge in [-0.1, -0.05) is 42.5 Å². The number of carbonyl (C=O) groups is 2. The summed E-state index contributed by atoms with van der Waals surface area (Å²) in [6.07, 6.45) is 0.483. The third kappa shape index (κ3) is 5.12. The SMILES string of the molecule is CC(C)NC(=O)c1ccc(NC(=O)C(C)(Cc2nc3ccccc3s2)c2ccccc2)cc1. The Kier molecular flexibility index (Phi) is 6.56. The maximum absolute atomic E-state index is 13.6. The molecule has 0 bridgehead atoms. The number of hydrogen-bond donors (Lipinski definition) is 2. The quantitative estimate of drug-likeness (QED) is 0.381. The Balaban J connectivity index is 1.59. The Hall–Kier alpha value is -3.51. The highest BCUT2D eigenvalue weighted by atomic mass is 32.1. The minimum atomic E-state index is -0.817. The first-order valence-corrected chi connectivity index (χ1v) is 11.8. The number of rotatable bonds is 7. The molecule has 0 aliphatic heterocycles. The molecule has 6 heteroatoms. The average Bonchev–Trinajstić information content (AvgIpc) is 3.21. The van der Waals surface area contributed by atoms with Crippen molar-refractivity contribution >= 4 is 39.1 Å². The van der Waals surface area contributed by atoms with E-state index in [9.17, 15) is 9.59 Å². The highest BCUT2D eigenvalue weighted by molar-refractivity contribution is 7.18. The lowest BCUT2D eigenvalue weighted by molar-refractivity contribution is -0.121. The molecule has 1 unspecified atom stereocenters. The topological polar surface area (TPSA) is 71.1 Å². The zero-order valence-corrected chi connectivity index (χ0v) is 19.8. The van der Waals surface area contributed by atoms with Crippen molar-refractivity contribution in [2.24, 2.45) is 0 Å². The summed E-state index contributed by atoms with van der Waals surface area (Å²) in [6, 6.07) is 24.8. The molecule has 2 amide bonds. The van der Waals surface area contributed by atoms with E-state index in [0.29, 0.717) is 17.7 Å². The van der Waals surface area contributed by atoms with E-state index in [-0.39, 0.29) is 17.9 Å². The van der Waals surface area contributed by atoms with E-state index in [2.05, 4.69) is 10.6 Å². The lowest BCUT2D eigenvalue weighted by Crippen LogP contribution is -2.39. The Bertz CT molecular complexity index is 1230. The minimum Gasteiger partial charge on any atom is -0.350 e. The van der Waals surface area contributed by atoms with E-state index in [1.807, 2.05) is 75.4 Å². The number of hydrogen-bond acceptors (Lipinski definition) is 4. The van der Waals surface area contributed by atoms with Crippen LogP contribution < -0.4 is 10.6 Å². The fraction of sp³-hybridized carbons (Fsp3) is 0.222. The van der Waals surface area contributed by atoms with Crippen LogP contribution in [0.3, 0.4) is 0 Å². The van der Waals surface area contributed by atoms with E-state index in [1.54, 1.807) is 35.6 Å². The predicted octanol–water partition coefficient (Wildman–Crippen LogP) is 5.57. The van der Waals surface area contributed by atoms with Crippen LogP contribution in [0, 0.1) is 0 Å². The molecule has 4 aromatic rings. The molecule has 5 nitrogen and oxygen atoms in total.